The Morgan fingerprint density at radius 1 is 1.22 bits per heavy atom. The van der Waals surface area contributed by atoms with Crippen LogP contribution in [0.1, 0.15) is 6.42 Å². The summed E-state index contributed by atoms with van der Waals surface area (Å²) in [6, 6.07) is 0. The van der Waals surface area contributed by atoms with Crippen LogP contribution in [0.25, 0.3) is 0 Å². The van der Waals surface area contributed by atoms with Crippen molar-refractivity contribution in [3.8, 4) is 0 Å². The van der Waals surface area contributed by atoms with E-state index in [1.54, 1.807) is 0 Å². The maximum absolute atomic E-state index is 8.07. The predicted octanol–water partition coefficient (Wildman–Crippen LogP) is 2.59. The third kappa shape index (κ3) is 27.2. The molecule has 0 spiro atoms. The molecule has 0 unspecified atom stereocenters. The number of alkyl halides is 4. The lowest BCUT2D eigenvalue weighted by Gasteiger charge is -1.90. The molecule has 0 saturated carbocycles. The number of hydrogen-bond donors (Lipinski definition) is 1. The Bertz CT molecular complexity index is 41.5. The summed E-state index contributed by atoms with van der Waals surface area (Å²) in [5.74, 6) is 0. The molecule has 0 aromatic carbocycles. The summed E-state index contributed by atoms with van der Waals surface area (Å²) in [5, 5.41) is 8.26. The van der Waals surface area contributed by atoms with Crippen LogP contribution in [0, 0.1) is 0 Å². The highest BCUT2D eigenvalue weighted by Crippen LogP contribution is 2.04. The lowest BCUT2D eigenvalue weighted by atomic mass is 10.5. The van der Waals surface area contributed by atoms with Crippen LogP contribution in [0.4, 0.5) is 0 Å². The normalized spacial score (nSPS) is 8.67. The first-order valence-corrected chi connectivity index (χ1v) is 4.14. The van der Waals surface area contributed by atoms with E-state index in [-0.39, 0.29) is 11.9 Å². The van der Waals surface area contributed by atoms with E-state index in [9.17, 15) is 0 Å². The summed E-state index contributed by atoms with van der Waals surface area (Å²) < 4.78 is 0. The summed E-state index contributed by atoms with van der Waals surface area (Å²) >= 11 is 19.9. The molecule has 0 bridgehead atoms. The highest BCUT2D eigenvalue weighted by atomic mass is 35.5. The molecule has 0 aliphatic heterocycles. The molecule has 0 aliphatic rings. The first-order valence-electron chi connectivity index (χ1n) is 2.20. The molecule has 0 radical (unpaired) electrons. The van der Waals surface area contributed by atoms with Gasteiger partial charge in [0, 0.05) is 13.0 Å². The summed E-state index contributed by atoms with van der Waals surface area (Å²) in [7, 11) is 0. The lowest BCUT2D eigenvalue weighted by Crippen LogP contribution is -1.89. The third-order valence-electron chi connectivity index (χ3n) is 0.347. The first kappa shape index (κ1) is 12.8. The molecular formula is C4H8Cl4O. The van der Waals surface area contributed by atoms with Gasteiger partial charge in [0.15, 0.2) is 0 Å². The van der Waals surface area contributed by atoms with Crippen LogP contribution in [0.15, 0.2) is 0 Å². The van der Waals surface area contributed by atoms with E-state index in [0.29, 0.717) is 6.42 Å². The van der Waals surface area contributed by atoms with E-state index < -0.39 is 4.84 Å². The molecule has 9 heavy (non-hydrogen) atoms. The van der Waals surface area contributed by atoms with Gasteiger partial charge in [-0.2, -0.15) is 0 Å². The van der Waals surface area contributed by atoms with Gasteiger partial charge in [-0.3, -0.25) is 0 Å². The topological polar surface area (TPSA) is 20.2 Å². The van der Waals surface area contributed by atoms with Crippen molar-refractivity contribution in [1.29, 1.82) is 0 Å². The molecule has 0 fully saturated rings. The molecule has 0 saturated heterocycles. The summed E-state index contributed by atoms with van der Waals surface area (Å²) in [5.41, 5.74) is 0. The Morgan fingerprint density at radius 3 is 1.56 bits per heavy atom. The van der Waals surface area contributed by atoms with Crippen LogP contribution in [0.5, 0.6) is 0 Å². The smallest absolute Gasteiger partial charge is 0.110 e. The van der Waals surface area contributed by atoms with Gasteiger partial charge < -0.3 is 5.11 Å². The minimum atomic E-state index is -0.407. The predicted molar refractivity (Wildman–Crippen MR) is 43.8 cm³/mol. The maximum Gasteiger partial charge on any atom is 0.110 e. The SMILES string of the molecule is ClCCl.OCCC(Cl)Cl. The molecule has 58 valence electrons. The van der Waals surface area contributed by atoms with Crippen LogP contribution < -0.4 is 0 Å². The zero-order valence-electron chi connectivity index (χ0n) is 4.66. The van der Waals surface area contributed by atoms with Crippen LogP contribution in [-0.2, 0) is 0 Å². The largest absolute Gasteiger partial charge is 0.396 e. The number of rotatable bonds is 2. The number of halogens is 4. The van der Waals surface area contributed by atoms with Crippen LogP contribution in [-0.4, -0.2) is 21.9 Å². The number of hydrogen-bond acceptors (Lipinski definition) is 1. The van der Waals surface area contributed by atoms with Gasteiger partial charge >= 0.3 is 0 Å². The molecule has 0 rings (SSSR count). The van der Waals surface area contributed by atoms with E-state index in [0.717, 1.165) is 0 Å². The quantitative estimate of drug-likeness (QED) is 0.700. The highest BCUT2D eigenvalue weighted by Gasteiger charge is 1.92. The van der Waals surface area contributed by atoms with E-state index in [1.165, 1.54) is 0 Å². The Balaban J connectivity index is 0. The molecule has 0 heterocycles. The Hall–Kier alpha value is 1.12. The Morgan fingerprint density at radius 2 is 1.56 bits per heavy atom. The molecule has 1 nitrogen and oxygen atoms in total. The zero-order chi connectivity index (χ0) is 7.70. The number of aliphatic hydroxyl groups excluding tert-OH is 1. The molecule has 1 N–H and O–H groups in total. The highest BCUT2D eigenvalue weighted by molar-refractivity contribution is 6.44. The van der Waals surface area contributed by atoms with Crippen LogP contribution in [0.3, 0.4) is 0 Å². The second-order valence-electron chi connectivity index (χ2n) is 1.00. The Labute approximate surface area is 74.8 Å². The molecular weight excluding hydrogens is 206 g/mol. The van der Waals surface area contributed by atoms with Crippen molar-refractivity contribution < 1.29 is 5.11 Å². The average Bonchev–Trinajstić information content (AvgIpc) is 1.67. The van der Waals surface area contributed by atoms with Gasteiger partial charge in [0.05, 0.1) is 5.34 Å². The minimum Gasteiger partial charge on any atom is -0.396 e. The van der Waals surface area contributed by atoms with E-state index >= 15 is 0 Å². The van der Waals surface area contributed by atoms with Gasteiger partial charge in [-0.25, -0.2) is 0 Å². The van der Waals surface area contributed by atoms with Crippen molar-refractivity contribution in [3.63, 3.8) is 0 Å². The van der Waals surface area contributed by atoms with Crippen molar-refractivity contribution in [1.82, 2.24) is 0 Å². The van der Waals surface area contributed by atoms with Gasteiger partial charge in [0.2, 0.25) is 0 Å². The van der Waals surface area contributed by atoms with Gasteiger partial charge in [0.1, 0.15) is 4.84 Å². The average molecular weight is 214 g/mol. The second kappa shape index (κ2) is 11.9. The monoisotopic (exact) mass is 212 g/mol. The molecule has 0 aliphatic carbocycles. The van der Waals surface area contributed by atoms with Gasteiger partial charge in [-0.15, -0.1) is 46.4 Å². The fraction of sp³-hybridized carbons (Fsp3) is 1.00. The van der Waals surface area contributed by atoms with Crippen molar-refractivity contribution >= 4 is 46.4 Å². The third-order valence-corrected chi connectivity index (χ3v) is 0.784. The summed E-state index contributed by atoms with van der Waals surface area (Å²) in [4.78, 5) is -0.407. The molecule has 5 heteroatoms. The van der Waals surface area contributed by atoms with Gasteiger partial charge in [-0.1, -0.05) is 0 Å². The van der Waals surface area contributed by atoms with Crippen molar-refractivity contribution in [2.45, 2.75) is 11.3 Å². The van der Waals surface area contributed by atoms with Gasteiger partial charge in [0.25, 0.3) is 0 Å². The fourth-order valence-corrected chi connectivity index (χ4v) is 0.293. The summed E-state index contributed by atoms with van der Waals surface area (Å²) in [6.45, 7) is 0.0671. The fourth-order valence-electron chi connectivity index (χ4n) is 0.0976. The molecule has 0 aromatic heterocycles. The second-order valence-corrected chi connectivity index (χ2v) is 3.09. The molecule has 0 aromatic rings. The number of aliphatic hydroxyl groups is 1. The van der Waals surface area contributed by atoms with Gasteiger partial charge in [-0.05, 0) is 0 Å². The Kier molecular flexibility index (Phi) is 16.8. The zero-order valence-corrected chi connectivity index (χ0v) is 7.68. The van der Waals surface area contributed by atoms with E-state index in [2.05, 4.69) is 0 Å². The lowest BCUT2D eigenvalue weighted by molar-refractivity contribution is 0.293. The van der Waals surface area contributed by atoms with E-state index in [4.69, 9.17) is 51.5 Å². The minimum absolute atomic E-state index is 0.0671. The first-order chi connectivity index (χ1) is 4.18. The summed E-state index contributed by atoms with van der Waals surface area (Å²) in [6.07, 6.45) is 0.461. The molecule has 0 amide bonds. The standard InChI is InChI=1S/C3H6Cl2O.CH2Cl2/c4-3(5)1-2-6;2-1-3/h3,6H,1-2H2;1H2. The van der Waals surface area contributed by atoms with Crippen LogP contribution >= 0.6 is 46.4 Å². The maximum atomic E-state index is 8.07. The van der Waals surface area contributed by atoms with E-state index in [1.807, 2.05) is 0 Å². The molecule has 0 atom stereocenters. The van der Waals surface area contributed by atoms with Crippen molar-refractivity contribution in [2.75, 3.05) is 11.9 Å². The van der Waals surface area contributed by atoms with Crippen molar-refractivity contribution in [3.05, 3.63) is 0 Å². The van der Waals surface area contributed by atoms with Crippen LogP contribution in [0.2, 0.25) is 0 Å². The van der Waals surface area contributed by atoms with Crippen molar-refractivity contribution in [2.24, 2.45) is 0 Å².